The van der Waals surface area contributed by atoms with Crippen molar-refractivity contribution >= 4 is 16.9 Å². The minimum atomic E-state index is -1.19. The summed E-state index contributed by atoms with van der Waals surface area (Å²) in [6, 6.07) is 8.80. The zero-order valence-electron chi connectivity index (χ0n) is 17.3. The van der Waals surface area contributed by atoms with E-state index in [1.807, 2.05) is 12.1 Å². The van der Waals surface area contributed by atoms with Crippen molar-refractivity contribution < 1.29 is 19.0 Å². The van der Waals surface area contributed by atoms with Crippen molar-refractivity contribution in [1.82, 2.24) is 20.1 Å². The van der Waals surface area contributed by atoms with Gasteiger partial charge >= 0.3 is 0 Å². The number of H-pyrrole nitrogens is 1. The van der Waals surface area contributed by atoms with Crippen molar-refractivity contribution in [1.29, 1.82) is 0 Å². The average molecular weight is 424 g/mol. The van der Waals surface area contributed by atoms with Crippen LogP contribution in [0.5, 0.6) is 5.75 Å². The number of alkyl halides is 1. The van der Waals surface area contributed by atoms with Crippen molar-refractivity contribution in [2.75, 3.05) is 26.8 Å². The topological polar surface area (TPSA) is 91.3 Å². The van der Waals surface area contributed by atoms with E-state index in [0.717, 1.165) is 23.1 Å². The number of methoxy groups -OCH3 is 1. The summed E-state index contributed by atoms with van der Waals surface area (Å²) in [6.07, 6.45) is 1.44. The number of nitrogens with zero attached hydrogens (tertiary/aromatic N) is 3. The summed E-state index contributed by atoms with van der Waals surface area (Å²) in [7, 11) is 1.64. The van der Waals surface area contributed by atoms with Crippen molar-refractivity contribution in [2.45, 2.75) is 24.9 Å². The van der Waals surface area contributed by atoms with Crippen LogP contribution in [0.2, 0.25) is 0 Å². The second kappa shape index (κ2) is 8.85. The molecule has 0 saturated carbocycles. The molecule has 1 aliphatic rings. The van der Waals surface area contributed by atoms with E-state index < -0.39 is 12.1 Å². The number of phenolic OH excluding ortho intramolecular Hbond substituents is 1. The van der Waals surface area contributed by atoms with Crippen LogP contribution in [-0.4, -0.2) is 64.1 Å². The zero-order valence-corrected chi connectivity index (χ0v) is 17.3. The first-order valence-electron chi connectivity index (χ1n) is 10.2. The Hall–Kier alpha value is -3.26. The number of likely N-dealkylation sites (tertiary alicyclic amines) is 1. The largest absolute Gasteiger partial charge is 0.507 e. The van der Waals surface area contributed by atoms with Gasteiger partial charge in [-0.1, -0.05) is 18.7 Å². The second-order valence-corrected chi connectivity index (χ2v) is 7.69. The van der Waals surface area contributed by atoms with Gasteiger partial charge in [0.2, 0.25) is 5.91 Å². The minimum Gasteiger partial charge on any atom is -0.507 e. The number of carbonyl (C=O) groups excluding carboxylic acids is 1. The van der Waals surface area contributed by atoms with Crippen molar-refractivity contribution in [2.24, 2.45) is 0 Å². The van der Waals surface area contributed by atoms with Crippen LogP contribution in [0.3, 0.4) is 0 Å². The molecule has 1 saturated heterocycles. The van der Waals surface area contributed by atoms with Crippen LogP contribution in [0, 0.1) is 0 Å². The van der Waals surface area contributed by atoms with E-state index in [1.54, 1.807) is 25.3 Å². The van der Waals surface area contributed by atoms with Crippen molar-refractivity contribution in [3.8, 4) is 17.0 Å². The number of phenols is 1. The third kappa shape index (κ3) is 4.03. The smallest absolute Gasteiger partial charge is 0.246 e. The Morgan fingerprint density at radius 3 is 2.94 bits per heavy atom. The lowest BCUT2D eigenvalue weighted by Crippen LogP contribution is -2.27. The van der Waals surface area contributed by atoms with E-state index in [2.05, 4.69) is 21.8 Å². The first-order valence-corrected chi connectivity index (χ1v) is 10.2. The number of aromatic amines is 1. The maximum absolute atomic E-state index is 15.0. The molecule has 1 aromatic carbocycles. The van der Waals surface area contributed by atoms with E-state index in [0.29, 0.717) is 29.9 Å². The lowest BCUT2D eigenvalue weighted by molar-refractivity contribution is -0.125. The molecule has 162 valence electrons. The highest BCUT2D eigenvalue weighted by atomic mass is 19.1. The summed E-state index contributed by atoms with van der Waals surface area (Å²) in [5.41, 5.74) is 3.36. The minimum absolute atomic E-state index is 0.0389. The molecule has 0 bridgehead atoms. The van der Waals surface area contributed by atoms with Gasteiger partial charge < -0.3 is 19.7 Å². The van der Waals surface area contributed by atoms with Gasteiger partial charge in [0.25, 0.3) is 0 Å². The van der Waals surface area contributed by atoms with Crippen molar-refractivity contribution in [3.05, 3.63) is 54.2 Å². The Morgan fingerprint density at radius 1 is 1.39 bits per heavy atom. The summed E-state index contributed by atoms with van der Waals surface area (Å²) in [5, 5.41) is 19.6. The summed E-state index contributed by atoms with van der Waals surface area (Å²) < 4.78 is 20.2. The highest BCUT2D eigenvalue weighted by Crippen LogP contribution is 2.37. The van der Waals surface area contributed by atoms with Crippen LogP contribution in [0.15, 0.2) is 43.0 Å². The van der Waals surface area contributed by atoms with E-state index in [9.17, 15) is 14.3 Å². The lowest BCUT2D eigenvalue weighted by atomic mass is 9.95. The number of nitrogens with one attached hydrogen (secondary N) is 1. The Balaban J connectivity index is 1.78. The normalized spacial score (nSPS) is 18.6. The van der Waals surface area contributed by atoms with Crippen LogP contribution in [-0.2, 0) is 16.0 Å². The number of benzene rings is 1. The fourth-order valence-electron chi connectivity index (χ4n) is 4.21. The fourth-order valence-corrected chi connectivity index (χ4v) is 4.21. The van der Waals surface area contributed by atoms with Gasteiger partial charge in [-0.15, -0.1) is 10.2 Å². The number of aryl methyl sites for hydroxylation is 1. The molecule has 0 aliphatic carbocycles. The third-order valence-electron chi connectivity index (χ3n) is 5.76. The van der Waals surface area contributed by atoms with Gasteiger partial charge in [-0.25, -0.2) is 4.39 Å². The molecular formula is C23H25FN4O3. The maximum atomic E-state index is 15.0. The molecular weight excluding hydrogens is 399 g/mol. The molecule has 1 aliphatic heterocycles. The first-order chi connectivity index (χ1) is 15.0. The van der Waals surface area contributed by atoms with Crippen LogP contribution in [0.25, 0.3) is 22.3 Å². The maximum Gasteiger partial charge on any atom is 0.246 e. The van der Waals surface area contributed by atoms with Crippen LogP contribution in [0.1, 0.15) is 23.6 Å². The number of aromatic hydroxyl groups is 1. The molecule has 2 N–H and O–H groups in total. The number of para-hydroxylation sites is 1. The van der Waals surface area contributed by atoms with E-state index in [4.69, 9.17) is 4.74 Å². The summed E-state index contributed by atoms with van der Waals surface area (Å²) in [5.74, 6) is -0.640. The molecule has 1 amide bonds. The number of fused-ring (bicyclic) bond motifs is 1. The average Bonchev–Trinajstić information content (AvgIpc) is 3.33. The molecule has 0 spiro atoms. The zero-order chi connectivity index (χ0) is 22.0. The Kier molecular flexibility index (Phi) is 5.99. The molecule has 8 heteroatoms. The molecule has 0 radical (unpaired) electrons. The van der Waals surface area contributed by atoms with Gasteiger partial charge in [0.15, 0.2) is 5.65 Å². The molecule has 0 unspecified atom stereocenters. The van der Waals surface area contributed by atoms with E-state index in [-0.39, 0.29) is 24.7 Å². The van der Waals surface area contributed by atoms with Crippen LogP contribution in [0.4, 0.5) is 4.39 Å². The number of hydrogen-bond acceptors (Lipinski definition) is 5. The number of carbonyl (C=O) groups is 1. The second-order valence-electron chi connectivity index (χ2n) is 7.69. The molecule has 7 nitrogen and oxygen atoms in total. The SMILES string of the molecule is C=CC(=O)N1C[C@@H](F)[C@H](c2[nH]c3nnc(-c4ccccc4O)cc3c2CCCOC)C1. The molecule has 2 aromatic heterocycles. The van der Waals surface area contributed by atoms with Gasteiger partial charge in [-0.05, 0) is 42.7 Å². The van der Waals surface area contributed by atoms with Gasteiger partial charge in [0.1, 0.15) is 11.9 Å². The molecule has 1 fully saturated rings. The van der Waals surface area contributed by atoms with Crippen LogP contribution >= 0.6 is 0 Å². The third-order valence-corrected chi connectivity index (χ3v) is 5.76. The summed E-state index contributed by atoms with van der Waals surface area (Å²) >= 11 is 0. The quantitative estimate of drug-likeness (QED) is 0.448. The number of hydrogen-bond donors (Lipinski definition) is 2. The van der Waals surface area contributed by atoms with Gasteiger partial charge in [0.05, 0.1) is 18.2 Å². The monoisotopic (exact) mass is 424 g/mol. The lowest BCUT2D eigenvalue weighted by Gasteiger charge is -2.15. The summed E-state index contributed by atoms with van der Waals surface area (Å²) in [6.45, 7) is 4.39. The summed E-state index contributed by atoms with van der Waals surface area (Å²) in [4.78, 5) is 16.7. The Labute approximate surface area is 179 Å². The predicted octanol–water partition coefficient (Wildman–Crippen LogP) is 3.36. The van der Waals surface area contributed by atoms with Gasteiger partial charge in [-0.3, -0.25) is 4.79 Å². The van der Waals surface area contributed by atoms with Gasteiger partial charge in [-0.2, -0.15) is 0 Å². The molecule has 4 rings (SSSR count). The van der Waals surface area contributed by atoms with Crippen molar-refractivity contribution in [3.63, 3.8) is 0 Å². The molecule has 31 heavy (non-hydrogen) atoms. The standard InChI is InChI=1S/C23H25FN4O3/c1-3-21(30)28-12-17(18(24)13-28)22-14(8-6-10-31-2)16-11-19(26-27-23(16)25-22)15-7-4-5-9-20(15)29/h3-5,7,9,11,17-18,29H,1,6,8,10,12-13H2,2H3,(H,25,27)/t17-,18-/m1/s1. The molecule has 3 aromatic rings. The highest BCUT2D eigenvalue weighted by Gasteiger charge is 2.38. The number of amides is 1. The first kappa shape index (κ1) is 21.0. The molecule has 2 atom stereocenters. The van der Waals surface area contributed by atoms with Crippen LogP contribution < -0.4 is 0 Å². The number of aromatic nitrogens is 3. The number of rotatable bonds is 7. The number of ether oxygens (including phenoxy) is 1. The highest BCUT2D eigenvalue weighted by molar-refractivity contribution is 5.88. The van der Waals surface area contributed by atoms with Gasteiger partial charge in [0, 0.05) is 36.9 Å². The Bertz CT molecular complexity index is 1110. The van der Waals surface area contributed by atoms with E-state index >= 15 is 0 Å². The van der Waals surface area contributed by atoms with E-state index in [1.165, 1.54) is 11.0 Å². The molecule has 3 heterocycles. The Morgan fingerprint density at radius 2 is 2.19 bits per heavy atom. The number of halogens is 1. The predicted molar refractivity (Wildman–Crippen MR) is 116 cm³/mol. The fraction of sp³-hybridized carbons (Fsp3) is 0.348.